The molecule has 0 saturated carbocycles. The number of ether oxygens (including phenoxy) is 1. The molecule has 0 aliphatic carbocycles. The average Bonchev–Trinajstić information content (AvgIpc) is 1.96. The maximum Gasteiger partial charge on any atom is 0.304 e. The molecule has 5 nitrogen and oxygen atoms in total. The molecule has 2 N–H and O–H groups in total. The molecule has 0 aromatic carbocycles. The molecule has 0 radical (unpaired) electrons. The number of aliphatic hydroxyl groups excluding tert-OH is 1. The Labute approximate surface area is 73.5 Å². The van der Waals surface area contributed by atoms with Crippen LogP contribution in [0.1, 0.15) is 6.92 Å². The van der Waals surface area contributed by atoms with Crippen LogP contribution in [0.2, 0.25) is 0 Å². The van der Waals surface area contributed by atoms with E-state index in [9.17, 15) is 4.21 Å². The van der Waals surface area contributed by atoms with E-state index in [0.29, 0.717) is 0 Å². The van der Waals surface area contributed by atoms with Gasteiger partial charge < -0.3 is 9.84 Å². The summed E-state index contributed by atoms with van der Waals surface area (Å²) in [6.45, 7) is 4.91. The van der Waals surface area contributed by atoms with E-state index in [1.54, 1.807) is 0 Å². The molecule has 0 aromatic heterocycles. The van der Waals surface area contributed by atoms with Crippen LogP contribution in [0.5, 0.6) is 0 Å². The molecule has 0 aromatic rings. The van der Waals surface area contributed by atoms with E-state index in [-0.39, 0.29) is 6.61 Å². The molecule has 0 aliphatic rings. The highest BCUT2D eigenvalue weighted by molar-refractivity contribution is 7.74. The summed E-state index contributed by atoms with van der Waals surface area (Å²) in [6, 6.07) is 0. The van der Waals surface area contributed by atoms with Gasteiger partial charge in [0.1, 0.15) is 6.10 Å². The van der Waals surface area contributed by atoms with Crippen molar-refractivity contribution >= 4 is 11.4 Å². The molecule has 72 valence electrons. The van der Waals surface area contributed by atoms with Crippen LogP contribution in [-0.2, 0) is 20.3 Å². The molecule has 0 amide bonds. The van der Waals surface area contributed by atoms with Crippen LogP contribution in [0.25, 0.3) is 0 Å². The molecule has 3 unspecified atom stereocenters. The van der Waals surface area contributed by atoms with Gasteiger partial charge in [0.15, 0.2) is 0 Å². The lowest BCUT2D eigenvalue weighted by atomic mass is 10.4. The van der Waals surface area contributed by atoms with Crippen LogP contribution < -0.4 is 0 Å². The monoisotopic (exact) mass is 196 g/mol. The van der Waals surface area contributed by atoms with E-state index < -0.39 is 23.8 Å². The Morgan fingerprint density at radius 3 is 2.67 bits per heavy atom. The van der Waals surface area contributed by atoms with E-state index in [0.717, 1.165) is 0 Å². The SMILES string of the molecule is C=CCOC(OS(=O)O)C(C)O. The lowest BCUT2D eigenvalue weighted by Crippen LogP contribution is -2.30. The third kappa shape index (κ3) is 5.39. The molecule has 0 spiro atoms. The van der Waals surface area contributed by atoms with Crippen molar-refractivity contribution < 1.29 is 22.8 Å². The van der Waals surface area contributed by atoms with Crippen molar-refractivity contribution in [1.82, 2.24) is 0 Å². The fourth-order valence-corrected chi connectivity index (χ4v) is 0.870. The molecule has 0 rings (SSSR count). The molecule has 0 heterocycles. The van der Waals surface area contributed by atoms with E-state index in [1.807, 2.05) is 0 Å². The summed E-state index contributed by atoms with van der Waals surface area (Å²) in [7, 11) is 0. The highest BCUT2D eigenvalue weighted by Gasteiger charge is 2.18. The van der Waals surface area contributed by atoms with Gasteiger partial charge in [-0.1, -0.05) is 6.08 Å². The van der Waals surface area contributed by atoms with Gasteiger partial charge in [-0.15, -0.1) is 6.58 Å². The molecule has 0 aliphatic heterocycles. The molecular weight excluding hydrogens is 184 g/mol. The predicted octanol–water partition coefficient (Wildman–Crippen LogP) is 0.0492. The Kier molecular flexibility index (Phi) is 6.13. The topological polar surface area (TPSA) is 76.0 Å². The first-order valence-electron chi connectivity index (χ1n) is 3.26. The van der Waals surface area contributed by atoms with E-state index in [1.165, 1.54) is 13.0 Å². The van der Waals surface area contributed by atoms with Crippen molar-refractivity contribution in [1.29, 1.82) is 0 Å². The fourth-order valence-electron chi connectivity index (χ4n) is 0.491. The largest absolute Gasteiger partial charge is 0.388 e. The molecule has 0 bridgehead atoms. The Bertz CT molecular complexity index is 158. The van der Waals surface area contributed by atoms with E-state index in [4.69, 9.17) is 14.4 Å². The van der Waals surface area contributed by atoms with Gasteiger partial charge in [0, 0.05) is 0 Å². The first-order chi connectivity index (χ1) is 5.57. The Hall–Kier alpha value is -0.270. The maximum absolute atomic E-state index is 10.1. The van der Waals surface area contributed by atoms with Gasteiger partial charge in [-0.3, -0.25) is 4.55 Å². The lowest BCUT2D eigenvalue weighted by Gasteiger charge is -2.16. The number of rotatable bonds is 6. The fraction of sp³-hybridized carbons (Fsp3) is 0.667. The first-order valence-corrected chi connectivity index (χ1v) is 4.29. The molecule has 0 saturated heterocycles. The summed E-state index contributed by atoms with van der Waals surface area (Å²) in [6.07, 6.45) is -0.631. The zero-order valence-electron chi connectivity index (χ0n) is 6.67. The third-order valence-electron chi connectivity index (χ3n) is 0.949. The summed E-state index contributed by atoms with van der Waals surface area (Å²) in [4.78, 5) is 0. The summed E-state index contributed by atoms with van der Waals surface area (Å²) < 4.78 is 27.6. The van der Waals surface area contributed by atoms with Gasteiger partial charge in [0.05, 0.1) is 6.61 Å². The summed E-state index contributed by atoms with van der Waals surface area (Å²) in [5, 5.41) is 8.96. The smallest absolute Gasteiger partial charge is 0.304 e. The molecule has 3 atom stereocenters. The highest BCUT2D eigenvalue weighted by atomic mass is 32.2. The number of aliphatic hydroxyl groups is 1. The van der Waals surface area contributed by atoms with Crippen molar-refractivity contribution in [2.75, 3.05) is 6.61 Å². The van der Waals surface area contributed by atoms with Crippen LogP contribution in [-0.4, -0.2) is 32.9 Å². The second kappa shape index (κ2) is 6.27. The van der Waals surface area contributed by atoms with Crippen molar-refractivity contribution in [3.63, 3.8) is 0 Å². The second-order valence-electron chi connectivity index (χ2n) is 2.04. The van der Waals surface area contributed by atoms with Crippen molar-refractivity contribution in [3.05, 3.63) is 12.7 Å². The summed E-state index contributed by atoms with van der Waals surface area (Å²) >= 11 is -2.44. The standard InChI is InChI=1S/C6H12O5S/c1-3-4-10-6(5(2)7)11-12(8)9/h3,5-7H,1,4H2,2H3,(H,8,9). The van der Waals surface area contributed by atoms with Gasteiger partial charge in [-0.25, -0.2) is 4.18 Å². The minimum Gasteiger partial charge on any atom is -0.388 e. The number of hydrogen-bond acceptors (Lipinski definition) is 4. The van der Waals surface area contributed by atoms with Gasteiger partial charge in [-0.2, -0.15) is 4.21 Å². The van der Waals surface area contributed by atoms with E-state index in [2.05, 4.69) is 10.8 Å². The average molecular weight is 196 g/mol. The lowest BCUT2D eigenvalue weighted by molar-refractivity contribution is -0.129. The maximum atomic E-state index is 10.1. The molecular formula is C6H12O5S. The van der Waals surface area contributed by atoms with Crippen LogP contribution in [0.15, 0.2) is 12.7 Å². The zero-order chi connectivity index (χ0) is 9.56. The second-order valence-corrected chi connectivity index (χ2v) is 2.67. The van der Waals surface area contributed by atoms with Crippen molar-refractivity contribution in [2.45, 2.75) is 19.3 Å². The van der Waals surface area contributed by atoms with Crippen LogP contribution in [0, 0.1) is 0 Å². The summed E-state index contributed by atoms with van der Waals surface area (Å²) in [5.41, 5.74) is 0. The third-order valence-corrected chi connectivity index (χ3v) is 1.30. The van der Waals surface area contributed by atoms with Crippen LogP contribution in [0.4, 0.5) is 0 Å². The van der Waals surface area contributed by atoms with Gasteiger partial charge in [-0.05, 0) is 6.92 Å². The normalized spacial score (nSPS) is 18.2. The van der Waals surface area contributed by atoms with Crippen LogP contribution >= 0.6 is 0 Å². The van der Waals surface area contributed by atoms with Crippen LogP contribution in [0.3, 0.4) is 0 Å². The highest BCUT2D eigenvalue weighted by Crippen LogP contribution is 2.02. The molecule has 12 heavy (non-hydrogen) atoms. The van der Waals surface area contributed by atoms with Gasteiger partial charge >= 0.3 is 11.4 Å². The minimum absolute atomic E-state index is 0.146. The molecule has 0 fully saturated rings. The van der Waals surface area contributed by atoms with Crippen molar-refractivity contribution in [2.24, 2.45) is 0 Å². The van der Waals surface area contributed by atoms with E-state index >= 15 is 0 Å². The predicted molar refractivity (Wildman–Crippen MR) is 43.5 cm³/mol. The zero-order valence-corrected chi connectivity index (χ0v) is 7.49. The Balaban J connectivity index is 3.85. The Morgan fingerprint density at radius 1 is 1.75 bits per heavy atom. The van der Waals surface area contributed by atoms with Crippen molar-refractivity contribution in [3.8, 4) is 0 Å². The van der Waals surface area contributed by atoms with Gasteiger partial charge in [0.25, 0.3) is 0 Å². The minimum atomic E-state index is -2.44. The quantitative estimate of drug-likeness (QED) is 0.356. The Morgan fingerprint density at radius 2 is 2.33 bits per heavy atom. The number of hydrogen-bond donors (Lipinski definition) is 2. The van der Waals surface area contributed by atoms with Gasteiger partial charge in [0.2, 0.25) is 6.29 Å². The molecule has 6 heteroatoms. The summed E-state index contributed by atoms with van der Waals surface area (Å²) in [5.74, 6) is 0. The first kappa shape index (κ1) is 11.7.